The molecule has 23 heavy (non-hydrogen) atoms. The van der Waals surface area contributed by atoms with Crippen molar-refractivity contribution in [2.24, 2.45) is 10.7 Å². The SMILES string of the molecule is CN(CCN=C(N)NC1CCCCC1)S(=O)(=O)c1cccs1.I. The van der Waals surface area contributed by atoms with Crippen LogP contribution < -0.4 is 11.1 Å². The van der Waals surface area contributed by atoms with Gasteiger partial charge in [-0.25, -0.2) is 8.42 Å². The molecule has 1 saturated carbocycles. The monoisotopic (exact) mass is 472 g/mol. The second-order valence-electron chi connectivity index (χ2n) is 5.50. The lowest BCUT2D eigenvalue weighted by Gasteiger charge is -2.23. The second-order valence-corrected chi connectivity index (χ2v) is 8.72. The van der Waals surface area contributed by atoms with Crippen LogP contribution in [-0.4, -0.2) is 44.9 Å². The molecular weight excluding hydrogens is 447 g/mol. The molecule has 0 bridgehead atoms. The van der Waals surface area contributed by atoms with E-state index >= 15 is 0 Å². The van der Waals surface area contributed by atoms with Gasteiger partial charge in [0.1, 0.15) is 4.21 Å². The molecule has 9 heteroatoms. The van der Waals surface area contributed by atoms with Crippen molar-refractivity contribution >= 4 is 51.3 Å². The van der Waals surface area contributed by atoms with E-state index in [0.29, 0.717) is 29.3 Å². The Hall–Kier alpha value is -0.390. The van der Waals surface area contributed by atoms with Crippen LogP contribution in [-0.2, 0) is 10.0 Å². The van der Waals surface area contributed by atoms with Gasteiger partial charge in [-0.2, -0.15) is 4.31 Å². The molecule has 0 radical (unpaired) electrons. The lowest BCUT2D eigenvalue weighted by molar-refractivity contribution is 0.412. The molecule has 6 nitrogen and oxygen atoms in total. The number of hydrogen-bond acceptors (Lipinski definition) is 4. The Bertz CT molecular complexity index is 584. The van der Waals surface area contributed by atoms with Gasteiger partial charge in [0.15, 0.2) is 5.96 Å². The number of nitrogens with two attached hydrogens (primary N) is 1. The molecule has 1 aliphatic rings. The number of halogens is 1. The van der Waals surface area contributed by atoms with Crippen LogP contribution in [0.2, 0.25) is 0 Å². The molecule has 0 aromatic carbocycles. The Balaban J connectivity index is 0.00000264. The maximum Gasteiger partial charge on any atom is 0.252 e. The van der Waals surface area contributed by atoms with Crippen molar-refractivity contribution in [3.63, 3.8) is 0 Å². The summed E-state index contributed by atoms with van der Waals surface area (Å²) in [6.07, 6.45) is 6.01. The first-order valence-electron chi connectivity index (χ1n) is 7.56. The molecule has 1 aliphatic carbocycles. The fourth-order valence-corrected chi connectivity index (χ4v) is 4.86. The lowest BCUT2D eigenvalue weighted by atomic mass is 9.96. The summed E-state index contributed by atoms with van der Waals surface area (Å²) < 4.78 is 26.1. The highest BCUT2D eigenvalue weighted by Crippen LogP contribution is 2.19. The van der Waals surface area contributed by atoms with E-state index < -0.39 is 10.0 Å². The molecule has 2 rings (SSSR count). The summed E-state index contributed by atoms with van der Waals surface area (Å²) in [5.74, 6) is 0.411. The minimum absolute atomic E-state index is 0. The van der Waals surface area contributed by atoms with Gasteiger partial charge >= 0.3 is 0 Å². The van der Waals surface area contributed by atoms with Gasteiger partial charge in [-0.1, -0.05) is 25.3 Å². The molecule has 0 spiro atoms. The third kappa shape index (κ3) is 6.20. The Labute approximate surface area is 159 Å². The van der Waals surface area contributed by atoms with Gasteiger partial charge in [-0.15, -0.1) is 35.3 Å². The smallest absolute Gasteiger partial charge is 0.252 e. The minimum atomic E-state index is -3.40. The molecular formula is C14H25IN4O2S2. The summed E-state index contributed by atoms with van der Waals surface area (Å²) in [7, 11) is -1.83. The predicted molar refractivity (Wildman–Crippen MR) is 106 cm³/mol. The van der Waals surface area contributed by atoms with Crippen LogP contribution in [0.5, 0.6) is 0 Å². The summed E-state index contributed by atoms with van der Waals surface area (Å²) in [6.45, 7) is 0.667. The maximum absolute atomic E-state index is 12.2. The lowest BCUT2D eigenvalue weighted by Crippen LogP contribution is -2.41. The summed E-state index contributed by atoms with van der Waals surface area (Å²) in [4.78, 5) is 4.23. The number of guanidine groups is 1. The molecule has 0 amide bonds. The molecule has 0 unspecified atom stereocenters. The molecule has 1 aromatic heterocycles. The minimum Gasteiger partial charge on any atom is -0.370 e. The zero-order chi connectivity index (χ0) is 16.0. The molecule has 0 saturated heterocycles. The van der Waals surface area contributed by atoms with E-state index in [4.69, 9.17) is 5.73 Å². The zero-order valence-corrected chi connectivity index (χ0v) is 17.2. The van der Waals surface area contributed by atoms with E-state index in [1.54, 1.807) is 24.6 Å². The molecule has 1 aromatic rings. The highest BCUT2D eigenvalue weighted by atomic mass is 127. The number of sulfonamides is 1. The molecule has 1 fully saturated rings. The summed E-state index contributed by atoms with van der Waals surface area (Å²) >= 11 is 1.22. The molecule has 0 aliphatic heterocycles. The van der Waals surface area contributed by atoms with Crippen LogP contribution in [0, 0.1) is 0 Å². The van der Waals surface area contributed by atoms with Gasteiger partial charge < -0.3 is 11.1 Å². The molecule has 3 N–H and O–H groups in total. The first kappa shape index (κ1) is 20.7. The topological polar surface area (TPSA) is 87.8 Å². The third-order valence-corrected chi connectivity index (χ3v) is 7.04. The van der Waals surface area contributed by atoms with Crippen molar-refractivity contribution in [3.8, 4) is 0 Å². The Morgan fingerprint density at radius 1 is 1.43 bits per heavy atom. The number of likely N-dealkylation sites (N-methyl/N-ethyl adjacent to an activating group) is 1. The van der Waals surface area contributed by atoms with Gasteiger partial charge in [0, 0.05) is 19.6 Å². The standard InChI is InChI=1S/C14H24N4O2S2.HI/c1-18(22(19,20)13-8-5-11-21-13)10-9-16-14(15)17-12-6-3-2-4-7-12;/h5,8,11-12H,2-4,6-7,9-10H2,1H3,(H3,15,16,17);1H. The zero-order valence-electron chi connectivity index (χ0n) is 13.3. The summed E-state index contributed by atoms with van der Waals surface area (Å²) in [5, 5.41) is 4.98. The van der Waals surface area contributed by atoms with E-state index in [2.05, 4.69) is 10.3 Å². The van der Waals surface area contributed by atoms with Gasteiger partial charge in [-0.05, 0) is 24.3 Å². The third-order valence-electron chi connectivity index (χ3n) is 3.81. The number of rotatable bonds is 6. The molecule has 132 valence electrons. The van der Waals surface area contributed by atoms with Gasteiger partial charge in [0.2, 0.25) is 0 Å². The van der Waals surface area contributed by atoms with Crippen molar-refractivity contribution in [2.45, 2.75) is 42.4 Å². The van der Waals surface area contributed by atoms with Crippen LogP contribution >= 0.6 is 35.3 Å². The van der Waals surface area contributed by atoms with Crippen LogP contribution in [0.4, 0.5) is 0 Å². The average Bonchev–Trinajstić information content (AvgIpc) is 3.03. The second kappa shape index (κ2) is 9.80. The number of nitrogens with one attached hydrogen (secondary N) is 1. The fourth-order valence-electron chi connectivity index (χ4n) is 2.50. The largest absolute Gasteiger partial charge is 0.370 e. The molecule has 1 heterocycles. The highest BCUT2D eigenvalue weighted by Gasteiger charge is 2.21. The van der Waals surface area contributed by atoms with Crippen molar-refractivity contribution in [1.82, 2.24) is 9.62 Å². The van der Waals surface area contributed by atoms with Gasteiger partial charge in [0.25, 0.3) is 10.0 Å². The number of aliphatic imine (C=N–C) groups is 1. The van der Waals surface area contributed by atoms with E-state index in [9.17, 15) is 8.42 Å². The van der Waals surface area contributed by atoms with Crippen molar-refractivity contribution in [3.05, 3.63) is 17.5 Å². The van der Waals surface area contributed by atoms with E-state index in [1.807, 2.05) is 0 Å². The average molecular weight is 472 g/mol. The van der Waals surface area contributed by atoms with E-state index in [1.165, 1.54) is 34.9 Å². The van der Waals surface area contributed by atoms with Crippen molar-refractivity contribution in [2.75, 3.05) is 20.1 Å². The van der Waals surface area contributed by atoms with Gasteiger partial charge in [-0.3, -0.25) is 4.99 Å². The number of nitrogens with zero attached hydrogens (tertiary/aromatic N) is 2. The van der Waals surface area contributed by atoms with Crippen LogP contribution in [0.15, 0.2) is 26.7 Å². The van der Waals surface area contributed by atoms with Crippen molar-refractivity contribution < 1.29 is 8.42 Å². The highest BCUT2D eigenvalue weighted by molar-refractivity contribution is 14.0. The van der Waals surface area contributed by atoms with Crippen LogP contribution in [0.1, 0.15) is 32.1 Å². The van der Waals surface area contributed by atoms with Crippen LogP contribution in [0.3, 0.4) is 0 Å². The summed E-state index contributed by atoms with van der Waals surface area (Å²) in [5.41, 5.74) is 5.87. The summed E-state index contributed by atoms with van der Waals surface area (Å²) in [6, 6.07) is 3.75. The Kier molecular flexibility index (Phi) is 8.80. The normalized spacial score (nSPS) is 17.0. The quantitative estimate of drug-likeness (QED) is 0.378. The fraction of sp³-hybridized carbons (Fsp3) is 0.643. The van der Waals surface area contributed by atoms with Crippen molar-refractivity contribution in [1.29, 1.82) is 0 Å². The Morgan fingerprint density at radius 2 is 2.13 bits per heavy atom. The van der Waals surface area contributed by atoms with Crippen LogP contribution in [0.25, 0.3) is 0 Å². The maximum atomic E-state index is 12.2. The van der Waals surface area contributed by atoms with E-state index in [-0.39, 0.29) is 24.0 Å². The van der Waals surface area contributed by atoms with E-state index in [0.717, 1.165) is 12.8 Å². The first-order valence-corrected chi connectivity index (χ1v) is 9.88. The van der Waals surface area contributed by atoms with Gasteiger partial charge in [0.05, 0.1) is 6.54 Å². The number of thiophene rings is 1. The number of hydrogen-bond donors (Lipinski definition) is 2. The first-order chi connectivity index (χ1) is 10.5. The molecule has 0 atom stereocenters. The Morgan fingerprint density at radius 3 is 2.74 bits per heavy atom. The predicted octanol–water partition coefficient (Wildman–Crippen LogP) is 2.22.